The topological polar surface area (TPSA) is 77.3 Å². The molecule has 0 spiro atoms. The Kier molecular flexibility index (Phi) is 8.90. The third-order valence-electron chi connectivity index (χ3n) is 5.31. The van der Waals surface area contributed by atoms with E-state index < -0.39 is 0 Å². The number of pyridine rings is 6. The second-order valence-electron chi connectivity index (χ2n) is 7.66. The van der Waals surface area contributed by atoms with Gasteiger partial charge in [0, 0.05) is 48.3 Å². The van der Waals surface area contributed by atoms with Gasteiger partial charge in [0.25, 0.3) is 0 Å². The Bertz CT molecular complexity index is 1280. The van der Waals surface area contributed by atoms with Gasteiger partial charge in [-0.3, -0.25) is 29.9 Å². The fraction of sp³-hybridized carbons (Fsp3) is 0. The molecule has 6 nitrogen and oxygen atoms in total. The third kappa shape index (κ3) is 6.35. The van der Waals surface area contributed by atoms with Crippen LogP contribution in [-0.2, 0) is 16.8 Å². The largest absolute Gasteiger partial charge is 2.00 e. The summed E-state index contributed by atoms with van der Waals surface area (Å²) in [5.41, 5.74) is 7.25. The van der Waals surface area contributed by atoms with Gasteiger partial charge in [0.05, 0.1) is 34.2 Å². The number of rotatable bonds is 4. The number of hydrogen-bond donors (Lipinski definition) is 0. The van der Waals surface area contributed by atoms with E-state index in [4.69, 9.17) is 0 Å². The van der Waals surface area contributed by atoms with Gasteiger partial charge in [-0.15, -0.1) is 0 Å². The molecule has 6 aromatic heterocycles. The molecule has 6 aromatic rings. The zero-order chi connectivity index (χ0) is 24.4. The minimum Gasteiger partial charge on any atom is -0.256 e. The number of nitrogens with zero attached hydrogens (tertiary/aromatic N) is 6. The van der Waals surface area contributed by atoms with E-state index in [-0.39, 0.29) is 16.8 Å². The smallest absolute Gasteiger partial charge is 0.256 e. The molecule has 0 atom stereocenters. The van der Waals surface area contributed by atoms with E-state index >= 15 is 0 Å². The first-order valence-electron chi connectivity index (χ1n) is 11.5. The van der Waals surface area contributed by atoms with Crippen LogP contribution < -0.4 is 0 Å². The van der Waals surface area contributed by atoms with E-state index in [1.165, 1.54) is 0 Å². The zero-order valence-electron chi connectivity index (χ0n) is 19.7. The van der Waals surface area contributed by atoms with Gasteiger partial charge in [-0.2, -0.15) is 0 Å². The number of hydrogen-bond acceptors (Lipinski definition) is 6. The molecule has 0 saturated carbocycles. The molecule has 0 saturated heterocycles. The van der Waals surface area contributed by atoms with Gasteiger partial charge >= 0.3 is 16.8 Å². The maximum atomic E-state index is 4.42. The van der Waals surface area contributed by atoms with Gasteiger partial charge < -0.3 is 0 Å². The van der Waals surface area contributed by atoms with E-state index in [0.29, 0.717) is 0 Å². The summed E-state index contributed by atoms with van der Waals surface area (Å²) in [7, 11) is 0. The van der Waals surface area contributed by atoms with Gasteiger partial charge in [0.2, 0.25) is 0 Å². The normalized spacial score (nSPS) is 9.95. The first-order valence-corrected chi connectivity index (χ1v) is 11.5. The average Bonchev–Trinajstić information content (AvgIpc) is 2.99. The molecule has 0 amide bonds. The van der Waals surface area contributed by atoms with Crippen LogP contribution in [0.3, 0.4) is 0 Å². The molecule has 0 aliphatic heterocycles. The van der Waals surface area contributed by atoms with Gasteiger partial charge in [0.1, 0.15) is 0 Å². The predicted molar refractivity (Wildman–Crippen MR) is 141 cm³/mol. The van der Waals surface area contributed by atoms with Crippen molar-refractivity contribution < 1.29 is 16.8 Å². The SMILES string of the molecule is [Co+2].c1ccc(-c2cccnc2-c2ccccn2)nc1.c1ccc(-c2cccnc2-c2ccccn2)nc1. The van der Waals surface area contributed by atoms with Crippen LogP contribution in [0.15, 0.2) is 134 Å². The molecule has 7 heteroatoms. The Labute approximate surface area is 225 Å². The average molecular weight is 525 g/mol. The summed E-state index contributed by atoms with van der Waals surface area (Å²) in [6.45, 7) is 0. The molecule has 0 aliphatic rings. The second kappa shape index (κ2) is 12.9. The molecule has 0 N–H and O–H groups in total. The zero-order valence-corrected chi connectivity index (χ0v) is 20.8. The molecule has 0 unspecified atom stereocenters. The quantitative estimate of drug-likeness (QED) is 0.265. The van der Waals surface area contributed by atoms with Crippen molar-refractivity contribution >= 4 is 0 Å². The summed E-state index contributed by atoms with van der Waals surface area (Å²) in [6.07, 6.45) is 10.7. The van der Waals surface area contributed by atoms with Crippen molar-refractivity contribution in [2.24, 2.45) is 0 Å². The van der Waals surface area contributed by atoms with Crippen molar-refractivity contribution in [3.63, 3.8) is 0 Å². The van der Waals surface area contributed by atoms with E-state index in [2.05, 4.69) is 29.9 Å². The van der Waals surface area contributed by atoms with Crippen molar-refractivity contribution in [3.05, 3.63) is 134 Å². The Balaban J connectivity index is 0.000000168. The predicted octanol–water partition coefficient (Wildman–Crippen LogP) is 6.41. The van der Waals surface area contributed by atoms with Crippen LogP contribution in [0.2, 0.25) is 0 Å². The van der Waals surface area contributed by atoms with Crippen LogP contribution in [0.5, 0.6) is 0 Å². The fourth-order valence-corrected chi connectivity index (χ4v) is 3.68. The Morgan fingerprint density at radius 3 is 0.946 bits per heavy atom. The molecular weight excluding hydrogens is 503 g/mol. The summed E-state index contributed by atoms with van der Waals surface area (Å²) in [6, 6.07) is 31.2. The van der Waals surface area contributed by atoms with Crippen molar-refractivity contribution in [1.82, 2.24) is 29.9 Å². The first-order chi connectivity index (χ1) is 17.9. The van der Waals surface area contributed by atoms with Crippen LogP contribution in [0.25, 0.3) is 45.3 Å². The summed E-state index contributed by atoms with van der Waals surface area (Å²) >= 11 is 0. The molecule has 179 valence electrons. The minimum absolute atomic E-state index is 0. The van der Waals surface area contributed by atoms with Gasteiger partial charge in [0.15, 0.2) is 0 Å². The molecule has 6 heterocycles. The van der Waals surface area contributed by atoms with E-state index in [9.17, 15) is 0 Å². The summed E-state index contributed by atoms with van der Waals surface area (Å²) in [5.74, 6) is 0. The molecule has 0 bridgehead atoms. The van der Waals surface area contributed by atoms with Gasteiger partial charge in [-0.1, -0.05) is 24.3 Å². The molecule has 0 aliphatic carbocycles. The third-order valence-corrected chi connectivity index (χ3v) is 5.31. The Morgan fingerprint density at radius 1 is 0.297 bits per heavy atom. The van der Waals surface area contributed by atoms with Crippen LogP contribution in [0.1, 0.15) is 0 Å². The van der Waals surface area contributed by atoms with Crippen LogP contribution in [-0.4, -0.2) is 29.9 Å². The van der Waals surface area contributed by atoms with Crippen molar-refractivity contribution in [1.29, 1.82) is 0 Å². The van der Waals surface area contributed by atoms with Crippen LogP contribution >= 0.6 is 0 Å². The summed E-state index contributed by atoms with van der Waals surface area (Å²) < 4.78 is 0. The van der Waals surface area contributed by atoms with Crippen LogP contribution in [0.4, 0.5) is 0 Å². The van der Waals surface area contributed by atoms with Crippen molar-refractivity contribution in [2.75, 3.05) is 0 Å². The second-order valence-corrected chi connectivity index (χ2v) is 7.66. The standard InChI is InChI=1S/2C15H11N3.Co/c2*1-3-9-16-13(7-1)12-6-5-11-18-15(12)14-8-2-4-10-17-14;/h2*1-11H;/q;;+2. The summed E-state index contributed by atoms with van der Waals surface area (Å²) in [5, 5.41) is 0. The van der Waals surface area contributed by atoms with Gasteiger partial charge in [-0.05, 0) is 72.8 Å². The number of aromatic nitrogens is 6. The maximum absolute atomic E-state index is 4.42. The van der Waals surface area contributed by atoms with Crippen molar-refractivity contribution in [2.45, 2.75) is 0 Å². The Hall–Kier alpha value is -4.59. The van der Waals surface area contributed by atoms with E-state index in [0.717, 1.165) is 45.3 Å². The minimum atomic E-state index is 0. The van der Waals surface area contributed by atoms with Crippen LogP contribution in [0, 0.1) is 0 Å². The molecule has 0 aromatic carbocycles. The molecule has 1 radical (unpaired) electrons. The summed E-state index contributed by atoms with van der Waals surface area (Å²) in [4.78, 5) is 26.3. The Morgan fingerprint density at radius 2 is 0.622 bits per heavy atom. The van der Waals surface area contributed by atoms with E-state index in [1.54, 1.807) is 37.2 Å². The molecule has 0 fully saturated rings. The molecule has 37 heavy (non-hydrogen) atoms. The monoisotopic (exact) mass is 525 g/mol. The fourth-order valence-electron chi connectivity index (χ4n) is 3.68. The van der Waals surface area contributed by atoms with Gasteiger partial charge in [-0.25, -0.2) is 0 Å². The van der Waals surface area contributed by atoms with E-state index in [1.807, 2.05) is 97.1 Å². The molecular formula is C30H22CoN6+2. The molecule has 6 rings (SSSR count). The van der Waals surface area contributed by atoms with Crippen molar-refractivity contribution in [3.8, 4) is 45.3 Å². The maximum Gasteiger partial charge on any atom is 2.00 e. The first kappa shape index (κ1) is 25.5.